The molecule has 2 rings (SSSR count). The number of amides is 1. The molecule has 5 nitrogen and oxygen atoms in total. The lowest BCUT2D eigenvalue weighted by Crippen LogP contribution is -2.28. The Labute approximate surface area is 86.5 Å². The quantitative estimate of drug-likeness (QED) is 0.594. The lowest BCUT2D eigenvalue weighted by Gasteiger charge is -2.21. The average molecular weight is 207 g/mol. The number of carbonyl (C=O) groups excluding carboxylic acids is 1. The maximum atomic E-state index is 11.4. The number of primary amides is 1. The topological polar surface area (TPSA) is 102 Å². The van der Waals surface area contributed by atoms with E-state index in [4.69, 9.17) is 11.5 Å². The molecule has 0 saturated carbocycles. The van der Waals surface area contributed by atoms with Crippen LogP contribution < -0.4 is 17.0 Å². The largest absolute Gasteiger partial charge is 0.365 e. The van der Waals surface area contributed by atoms with E-state index in [1.165, 1.54) is 6.07 Å². The number of aromatic nitrogens is 1. The predicted octanol–water partition coefficient (Wildman–Crippen LogP) is -0.190. The maximum Gasteiger partial charge on any atom is 0.261 e. The number of fused-ring (bicyclic) bond motifs is 1. The zero-order chi connectivity index (χ0) is 11.0. The monoisotopic (exact) mass is 207 g/mol. The van der Waals surface area contributed by atoms with Crippen LogP contribution in [0, 0.1) is 0 Å². The highest BCUT2D eigenvalue weighted by atomic mass is 16.2. The summed E-state index contributed by atoms with van der Waals surface area (Å²) >= 11 is 0. The number of nitrogens with one attached hydrogen (secondary N) is 1. The second-order valence-electron chi connectivity index (χ2n) is 3.81. The lowest BCUT2D eigenvalue weighted by atomic mass is 9.91. The van der Waals surface area contributed by atoms with Gasteiger partial charge < -0.3 is 16.5 Å². The van der Waals surface area contributed by atoms with Crippen LogP contribution in [-0.2, 0) is 6.42 Å². The number of hydrogen-bond acceptors (Lipinski definition) is 3. The van der Waals surface area contributed by atoms with E-state index in [1.807, 2.05) is 0 Å². The fourth-order valence-corrected chi connectivity index (χ4v) is 1.96. The molecule has 0 aromatic carbocycles. The second kappa shape index (κ2) is 3.51. The molecule has 1 heterocycles. The maximum absolute atomic E-state index is 11.4. The van der Waals surface area contributed by atoms with Crippen molar-refractivity contribution in [1.82, 2.24) is 4.98 Å². The predicted molar refractivity (Wildman–Crippen MR) is 55.4 cm³/mol. The number of H-pyrrole nitrogens is 1. The van der Waals surface area contributed by atoms with Gasteiger partial charge in [-0.05, 0) is 30.9 Å². The molecule has 0 spiro atoms. The van der Waals surface area contributed by atoms with Crippen LogP contribution in [0.1, 0.15) is 40.5 Å². The molecule has 1 atom stereocenters. The molecule has 1 aromatic rings. The highest BCUT2D eigenvalue weighted by Gasteiger charge is 2.20. The molecule has 0 aliphatic heterocycles. The van der Waals surface area contributed by atoms with Crippen molar-refractivity contribution < 1.29 is 4.79 Å². The molecule has 80 valence electrons. The third kappa shape index (κ3) is 1.66. The van der Waals surface area contributed by atoms with Gasteiger partial charge in [0.1, 0.15) is 5.56 Å². The van der Waals surface area contributed by atoms with Crippen LogP contribution in [0.2, 0.25) is 0 Å². The first-order valence-electron chi connectivity index (χ1n) is 4.91. The molecule has 1 amide bonds. The van der Waals surface area contributed by atoms with Gasteiger partial charge in [-0.25, -0.2) is 0 Å². The van der Waals surface area contributed by atoms with Crippen LogP contribution in [0.5, 0.6) is 0 Å². The molecule has 0 fully saturated rings. The van der Waals surface area contributed by atoms with Gasteiger partial charge in [0.15, 0.2) is 0 Å². The Kier molecular flexibility index (Phi) is 2.32. The highest BCUT2D eigenvalue weighted by molar-refractivity contribution is 5.92. The summed E-state index contributed by atoms with van der Waals surface area (Å²) in [5, 5.41) is 0. The Morgan fingerprint density at radius 2 is 2.27 bits per heavy atom. The van der Waals surface area contributed by atoms with Crippen molar-refractivity contribution in [3.05, 3.63) is 33.2 Å². The number of hydrogen-bond donors (Lipinski definition) is 3. The zero-order valence-corrected chi connectivity index (χ0v) is 8.25. The first-order valence-corrected chi connectivity index (χ1v) is 4.91. The summed E-state index contributed by atoms with van der Waals surface area (Å²) in [6.07, 6.45) is 2.63. The van der Waals surface area contributed by atoms with Crippen molar-refractivity contribution in [1.29, 1.82) is 0 Å². The number of rotatable bonds is 1. The highest BCUT2D eigenvalue weighted by Crippen LogP contribution is 2.25. The molecule has 5 N–H and O–H groups in total. The van der Waals surface area contributed by atoms with E-state index < -0.39 is 11.5 Å². The third-order valence-corrected chi connectivity index (χ3v) is 2.76. The molecule has 1 aromatic heterocycles. The van der Waals surface area contributed by atoms with Gasteiger partial charge in [-0.1, -0.05) is 0 Å². The standard InChI is InChI=1S/C10H13N3O2/c11-7-2-1-3-8-5(7)4-6(9(12)14)10(15)13-8/h4,7H,1-3,11H2,(H2,12,14)(H,13,15)/t7-/m0/s1. The van der Waals surface area contributed by atoms with Gasteiger partial charge in [-0.3, -0.25) is 9.59 Å². The average Bonchev–Trinajstić information content (AvgIpc) is 2.16. The lowest BCUT2D eigenvalue weighted by molar-refractivity contribution is 0.0998. The van der Waals surface area contributed by atoms with Gasteiger partial charge in [0.2, 0.25) is 0 Å². The van der Waals surface area contributed by atoms with Gasteiger partial charge in [0, 0.05) is 11.7 Å². The Balaban J connectivity index is 2.60. The fourth-order valence-electron chi connectivity index (χ4n) is 1.96. The minimum Gasteiger partial charge on any atom is -0.365 e. The summed E-state index contributed by atoms with van der Waals surface area (Å²) in [5.41, 5.74) is 12.2. The smallest absolute Gasteiger partial charge is 0.261 e. The van der Waals surface area contributed by atoms with Crippen LogP contribution in [0.4, 0.5) is 0 Å². The van der Waals surface area contributed by atoms with Gasteiger partial charge in [0.25, 0.3) is 11.5 Å². The summed E-state index contributed by atoms with van der Waals surface area (Å²) < 4.78 is 0. The minimum atomic E-state index is -0.711. The number of pyridine rings is 1. The number of carbonyl (C=O) groups is 1. The Hall–Kier alpha value is -1.62. The second-order valence-corrected chi connectivity index (χ2v) is 3.81. The van der Waals surface area contributed by atoms with E-state index in [0.717, 1.165) is 30.5 Å². The Morgan fingerprint density at radius 1 is 1.53 bits per heavy atom. The fraction of sp³-hybridized carbons (Fsp3) is 0.400. The summed E-state index contributed by atoms with van der Waals surface area (Å²) in [4.78, 5) is 25.1. The molecule has 1 aliphatic carbocycles. The van der Waals surface area contributed by atoms with Gasteiger partial charge in [-0.15, -0.1) is 0 Å². The van der Waals surface area contributed by atoms with E-state index in [9.17, 15) is 9.59 Å². The molecule has 5 heteroatoms. The van der Waals surface area contributed by atoms with Crippen molar-refractivity contribution in [2.75, 3.05) is 0 Å². The summed E-state index contributed by atoms with van der Waals surface area (Å²) in [7, 11) is 0. The van der Waals surface area contributed by atoms with Crippen molar-refractivity contribution >= 4 is 5.91 Å². The van der Waals surface area contributed by atoms with Gasteiger partial charge >= 0.3 is 0 Å². The van der Waals surface area contributed by atoms with Crippen LogP contribution in [0.3, 0.4) is 0 Å². The van der Waals surface area contributed by atoms with Gasteiger partial charge in [-0.2, -0.15) is 0 Å². The van der Waals surface area contributed by atoms with E-state index >= 15 is 0 Å². The SMILES string of the molecule is NC(=O)c1cc2c([nH]c1=O)CCC[C@@H]2N. The molecular weight excluding hydrogens is 194 g/mol. The van der Waals surface area contributed by atoms with E-state index in [2.05, 4.69) is 4.98 Å². The minimum absolute atomic E-state index is 0.00824. The van der Waals surface area contributed by atoms with E-state index in [0.29, 0.717) is 0 Å². The van der Waals surface area contributed by atoms with Crippen LogP contribution in [0.15, 0.2) is 10.9 Å². The Bertz CT molecular complexity index is 464. The van der Waals surface area contributed by atoms with E-state index in [-0.39, 0.29) is 11.6 Å². The first kappa shape index (κ1) is 9.92. The van der Waals surface area contributed by atoms with E-state index in [1.54, 1.807) is 0 Å². The van der Waals surface area contributed by atoms with Crippen LogP contribution >= 0.6 is 0 Å². The van der Waals surface area contributed by atoms with Crippen molar-refractivity contribution in [2.45, 2.75) is 25.3 Å². The summed E-state index contributed by atoms with van der Waals surface area (Å²) in [6, 6.07) is 1.42. The van der Waals surface area contributed by atoms with Crippen LogP contribution in [0.25, 0.3) is 0 Å². The van der Waals surface area contributed by atoms with Crippen molar-refractivity contribution in [3.8, 4) is 0 Å². The number of aromatic amines is 1. The summed E-state index contributed by atoms with van der Waals surface area (Å²) in [6.45, 7) is 0. The van der Waals surface area contributed by atoms with Crippen molar-refractivity contribution in [3.63, 3.8) is 0 Å². The molecule has 15 heavy (non-hydrogen) atoms. The molecule has 0 bridgehead atoms. The number of nitrogens with two attached hydrogens (primary N) is 2. The van der Waals surface area contributed by atoms with Gasteiger partial charge in [0.05, 0.1) is 0 Å². The normalized spacial score (nSPS) is 19.7. The van der Waals surface area contributed by atoms with Crippen molar-refractivity contribution in [2.24, 2.45) is 11.5 Å². The Morgan fingerprint density at radius 3 is 2.93 bits per heavy atom. The zero-order valence-electron chi connectivity index (χ0n) is 8.25. The molecular formula is C10H13N3O2. The molecule has 0 saturated heterocycles. The van der Waals surface area contributed by atoms with Crippen LogP contribution in [-0.4, -0.2) is 10.9 Å². The molecule has 1 aliphatic rings. The first-order chi connectivity index (χ1) is 7.09. The third-order valence-electron chi connectivity index (χ3n) is 2.76. The molecule has 0 unspecified atom stereocenters. The number of aryl methyl sites for hydroxylation is 1. The molecule has 0 radical (unpaired) electrons. The summed E-state index contributed by atoms with van der Waals surface area (Å²) in [5.74, 6) is -0.711.